The molecule has 10 nitrogen and oxygen atoms in total. The fourth-order valence-corrected chi connectivity index (χ4v) is 2.01. The predicted octanol–water partition coefficient (Wildman–Crippen LogP) is -0.468. The zero-order valence-corrected chi connectivity index (χ0v) is 14.5. The third kappa shape index (κ3) is 4.86. The highest BCUT2D eigenvalue weighted by molar-refractivity contribution is 6.42. The van der Waals surface area contributed by atoms with E-state index in [0.29, 0.717) is 4.90 Å². The fourth-order valence-electron chi connectivity index (χ4n) is 2.01. The molecule has 140 valence electrons. The van der Waals surface area contributed by atoms with E-state index in [1.807, 2.05) is 0 Å². The van der Waals surface area contributed by atoms with Crippen molar-refractivity contribution < 1.29 is 33.4 Å². The van der Waals surface area contributed by atoms with Crippen LogP contribution in [-0.4, -0.2) is 61.9 Å². The van der Waals surface area contributed by atoms with Gasteiger partial charge in [-0.25, -0.2) is 9.59 Å². The van der Waals surface area contributed by atoms with Gasteiger partial charge in [0.2, 0.25) is 5.91 Å². The molecule has 3 N–H and O–H groups in total. The van der Waals surface area contributed by atoms with Crippen molar-refractivity contribution in [2.75, 3.05) is 32.6 Å². The second kappa shape index (κ2) is 9.28. The van der Waals surface area contributed by atoms with Gasteiger partial charge in [-0.2, -0.15) is 0 Å². The number of nitrogens with two attached hydrogens (primary N) is 1. The summed E-state index contributed by atoms with van der Waals surface area (Å²) in [5.74, 6) is -4.50. The average molecular weight is 365 g/mol. The lowest BCUT2D eigenvalue weighted by molar-refractivity contribution is -0.149. The number of rotatable bonds is 5. The molecule has 26 heavy (non-hydrogen) atoms. The van der Waals surface area contributed by atoms with Gasteiger partial charge in [-0.3, -0.25) is 19.3 Å². The molecule has 0 saturated heterocycles. The van der Waals surface area contributed by atoms with Gasteiger partial charge in [-0.1, -0.05) is 0 Å². The third-order valence-corrected chi connectivity index (χ3v) is 3.27. The third-order valence-electron chi connectivity index (χ3n) is 3.27. The highest BCUT2D eigenvalue weighted by Gasteiger charge is 2.26. The Morgan fingerprint density at radius 2 is 1.69 bits per heavy atom. The number of esters is 2. The summed E-state index contributed by atoms with van der Waals surface area (Å²) in [5, 5.41) is 2.21. The van der Waals surface area contributed by atoms with Crippen LogP contribution in [0.15, 0.2) is 18.2 Å². The SMILES string of the molecule is COC(=O)c1ccc(C(=O)OC)c(NC(=O)C(=O)N(CCN)C(C)=O)c1. The standard InChI is InChI=1S/C16H19N3O7/c1-9(20)19(7-6-17)14(22)13(21)18-12-8-10(15(23)25-2)4-5-11(12)16(24)26-3/h4-5,8H,6-7,17H2,1-3H3,(H,18,21). The minimum Gasteiger partial charge on any atom is -0.465 e. The maximum absolute atomic E-state index is 12.2. The van der Waals surface area contributed by atoms with E-state index < -0.39 is 29.7 Å². The zero-order chi connectivity index (χ0) is 19.9. The summed E-state index contributed by atoms with van der Waals surface area (Å²) < 4.78 is 9.17. The molecule has 0 unspecified atom stereocenters. The average Bonchev–Trinajstić information content (AvgIpc) is 2.63. The van der Waals surface area contributed by atoms with Crippen molar-refractivity contribution in [3.63, 3.8) is 0 Å². The number of anilines is 1. The van der Waals surface area contributed by atoms with Gasteiger partial charge in [0.25, 0.3) is 0 Å². The molecule has 0 aliphatic carbocycles. The van der Waals surface area contributed by atoms with Gasteiger partial charge in [0.15, 0.2) is 0 Å². The number of carbonyl (C=O) groups excluding carboxylic acids is 5. The van der Waals surface area contributed by atoms with Crippen LogP contribution in [0, 0.1) is 0 Å². The maximum atomic E-state index is 12.2. The molecule has 0 heterocycles. The molecule has 1 rings (SSSR count). The number of nitrogens with one attached hydrogen (secondary N) is 1. The molecule has 10 heteroatoms. The first-order valence-corrected chi connectivity index (χ1v) is 7.41. The lowest BCUT2D eigenvalue weighted by atomic mass is 10.1. The lowest BCUT2D eigenvalue weighted by Gasteiger charge is -2.18. The van der Waals surface area contributed by atoms with Crippen LogP contribution in [0.3, 0.4) is 0 Å². The number of amides is 3. The number of carbonyl (C=O) groups is 5. The Balaban J connectivity index is 3.21. The second-order valence-electron chi connectivity index (χ2n) is 4.96. The topological polar surface area (TPSA) is 145 Å². The van der Waals surface area contributed by atoms with Crippen molar-refractivity contribution in [1.82, 2.24) is 4.90 Å². The Labute approximate surface area is 149 Å². The Bertz CT molecular complexity index is 745. The van der Waals surface area contributed by atoms with Crippen LogP contribution in [0.2, 0.25) is 0 Å². The molecule has 3 amide bonds. The number of imide groups is 1. The van der Waals surface area contributed by atoms with Crippen LogP contribution in [0.25, 0.3) is 0 Å². The van der Waals surface area contributed by atoms with E-state index in [4.69, 9.17) is 5.73 Å². The van der Waals surface area contributed by atoms with Gasteiger partial charge in [0.1, 0.15) is 0 Å². The second-order valence-corrected chi connectivity index (χ2v) is 4.96. The lowest BCUT2D eigenvalue weighted by Crippen LogP contribution is -2.45. The van der Waals surface area contributed by atoms with E-state index in [1.54, 1.807) is 0 Å². The van der Waals surface area contributed by atoms with E-state index in [1.165, 1.54) is 12.1 Å². The highest BCUT2D eigenvalue weighted by Crippen LogP contribution is 2.20. The van der Waals surface area contributed by atoms with Crippen LogP contribution in [0.4, 0.5) is 5.69 Å². The smallest absolute Gasteiger partial charge is 0.339 e. The molecule has 0 radical (unpaired) electrons. The first-order chi connectivity index (χ1) is 12.3. The molecule has 0 aromatic heterocycles. The van der Waals surface area contributed by atoms with Gasteiger partial charge in [-0.05, 0) is 18.2 Å². The number of nitrogens with zero attached hydrogens (tertiary/aromatic N) is 1. The molecule has 0 aliphatic heterocycles. The first kappa shape index (κ1) is 20.8. The zero-order valence-electron chi connectivity index (χ0n) is 14.5. The normalized spacial score (nSPS) is 9.85. The first-order valence-electron chi connectivity index (χ1n) is 7.41. The van der Waals surface area contributed by atoms with Crippen LogP contribution in [0.1, 0.15) is 27.6 Å². The summed E-state index contributed by atoms with van der Waals surface area (Å²) in [7, 11) is 2.29. The quantitative estimate of drug-likeness (QED) is 0.526. The molecule has 0 atom stereocenters. The van der Waals surface area contributed by atoms with Gasteiger partial charge in [0, 0.05) is 20.0 Å². The highest BCUT2D eigenvalue weighted by atomic mass is 16.5. The number of hydrogen-bond donors (Lipinski definition) is 2. The molecular weight excluding hydrogens is 346 g/mol. The van der Waals surface area contributed by atoms with Gasteiger partial charge < -0.3 is 20.5 Å². The Morgan fingerprint density at radius 1 is 1.08 bits per heavy atom. The molecule has 1 aromatic carbocycles. The molecule has 0 aliphatic rings. The molecule has 1 aromatic rings. The van der Waals surface area contributed by atoms with E-state index in [2.05, 4.69) is 14.8 Å². The summed E-state index contributed by atoms with van der Waals surface area (Å²) in [6.07, 6.45) is 0. The van der Waals surface area contributed by atoms with Crippen LogP contribution in [-0.2, 0) is 23.9 Å². The minimum atomic E-state index is -1.18. The number of methoxy groups -OCH3 is 2. The fraction of sp³-hybridized carbons (Fsp3) is 0.312. The summed E-state index contributed by atoms with van der Waals surface area (Å²) in [6.45, 7) is 0.941. The van der Waals surface area contributed by atoms with Crippen molar-refractivity contribution in [1.29, 1.82) is 0 Å². The molecular formula is C16H19N3O7. The van der Waals surface area contributed by atoms with Crippen molar-refractivity contribution in [3.05, 3.63) is 29.3 Å². The summed E-state index contributed by atoms with van der Waals surface area (Å²) in [4.78, 5) is 59.9. The van der Waals surface area contributed by atoms with Gasteiger partial charge in [-0.15, -0.1) is 0 Å². The Hall–Kier alpha value is -3.27. The maximum Gasteiger partial charge on any atom is 0.339 e. The Morgan fingerprint density at radius 3 is 2.19 bits per heavy atom. The number of ether oxygens (including phenoxy) is 2. The number of benzene rings is 1. The monoisotopic (exact) mass is 365 g/mol. The molecule has 0 saturated carbocycles. The van der Waals surface area contributed by atoms with Crippen LogP contribution >= 0.6 is 0 Å². The van der Waals surface area contributed by atoms with Gasteiger partial charge in [0.05, 0.1) is 31.0 Å². The number of hydrogen-bond acceptors (Lipinski definition) is 8. The van der Waals surface area contributed by atoms with Crippen molar-refractivity contribution >= 4 is 35.3 Å². The van der Waals surface area contributed by atoms with E-state index in [0.717, 1.165) is 27.2 Å². The summed E-state index contributed by atoms with van der Waals surface area (Å²) >= 11 is 0. The summed E-state index contributed by atoms with van der Waals surface area (Å²) in [6, 6.07) is 3.69. The minimum absolute atomic E-state index is 0.0240. The molecule has 0 fully saturated rings. The van der Waals surface area contributed by atoms with Crippen molar-refractivity contribution in [3.8, 4) is 0 Å². The largest absolute Gasteiger partial charge is 0.465 e. The Kier molecular flexibility index (Phi) is 7.41. The summed E-state index contributed by atoms with van der Waals surface area (Å²) in [5.41, 5.74) is 5.12. The van der Waals surface area contributed by atoms with Crippen LogP contribution in [0.5, 0.6) is 0 Å². The predicted molar refractivity (Wildman–Crippen MR) is 89.2 cm³/mol. The van der Waals surface area contributed by atoms with Gasteiger partial charge >= 0.3 is 23.8 Å². The van der Waals surface area contributed by atoms with E-state index >= 15 is 0 Å². The van der Waals surface area contributed by atoms with E-state index in [-0.39, 0.29) is 29.9 Å². The van der Waals surface area contributed by atoms with Crippen molar-refractivity contribution in [2.45, 2.75) is 6.92 Å². The molecule has 0 spiro atoms. The van der Waals surface area contributed by atoms with E-state index in [9.17, 15) is 24.0 Å². The van der Waals surface area contributed by atoms with Crippen molar-refractivity contribution in [2.24, 2.45) is 5.73 Å². The molecule has 0 bridgehead atoms. The van der Waals surface area contributed by atoms with Crippen LogP contribution < -0.4 is 11.1 Å².